The standard InChI is InChI=1S/C11H15BrO3S/c1-8-6-10(7-9(2)11(8)12)16(14,15)5-3-4-13/h6-7,13H,3-5H2,1-2H3. The minimum Gasteiger partial charge on any atom is -0.396 e. The Morgan fingerprint density at radius 2 is 1.75 bits per heavy atom. The van der Waals surface area contributed by atoms with Crippen molar-refractivity contribution in [1.82, 2.24) is 0 Å². The summed E-state index contributed by atoms with van der Waals surface area (Å²) < 4.78 is 24.7. The molecule has 90 valence electrons. The molecule has 0 saturated heterocycles. The lowest BCUT2D eigenvalue weighted by molar-refractivity contribution is 0.295. The van der Waals surface area contributed by atoms with Crippen LogP contribution in [0.3, 0.4) is 0 Å². The van der Waals surface area contributed by atoms with Gasteiger partial charge in [0.25, 0.3) is 0 Å². The molecule has 0 unspecified atom stereocenters. The summed E-state index contributed by atoms with van der Waals surface area (Å²) in [4.78, 5) is 0.333. The van der Waals surface area contributed by atoms with E-state index in [4.69, 9.17) is 5.11 Å². The van der Waals surface area contributed by atoms with E-state index < -0.39 is 9.84 Å². The second-order valence-electron chi connectivity index (χ2n) is 3.77. The van der Waals surface area contributed by atoms with Crippen molar-refractivity contribution in [2.24, 2.45) is 0 Å². The molecule has 0 saturated carbocycles. The van der Waals surface area contributed by atoms with Crippen molar-refractivity contribution < 1.29 is 13.5 Å². The van der Waals surface area contributed by atoms with E-state index in [0.29, 0.717) is 4.90 Å². The van der Waals surface area contributed by atoms with Crippen LogP contribution < -0.4 is 0 Å². The summed E-state index contributed by atoms with van der Waals surface area (Å²) in [5.41, 5.74) is 1.81. The molecular weight excluding hydrogens is 292 g/mol. The Kier molecular flexibility index (Phi) is 4.52. The molecule has 0 heterocycles. The Morgan fingerprint density at radius 1 is 1.25 bits per heavy atom. The summed E-state index contributed by atoms with van der Waals surface area (Å²) in [7, 11) is -3.27. The van der Waals surface area contributed by atoms with Crippen molar-refractivity contribution in [2.75, 3.05) is 12.4 Å². The molecule has 1 aromatic rings. The lowest BCUT2D eigenvalue weighted by atomic mass is 10.2. The number of sulfone groups is 1. The average Bonchev–Trinajstić information content (AvgIpc) is 2.22. The Hall–Kier alpha value is -0.390. The molecule has 1 rings (SSSR count). The molecule has 0 spiro atoms. The van der Waals surface area contributed by atoms with E-state index in [2.05, 4.69) is 15.9 Å². The van der Waals surface area contributed by atoms with Crippen LogP contribution in [0.1, 0.15) is 17.5 Å². The molecule has 16 heavy (non-hydrogen) atoms. The van der Waals surface area contributed by atoms with Crippen LogP contribution in [0.15, 0.2) is 21.5 Å². The van der Waals surface area contributed by atoms with Crippen molar-refractivity contribution in [1.29, 1.82) is 0 Å². The highest BCUT2D eigenvalue weighted by atomic mass is 79.9. The molecule has 3 nitrogen and oxygen atoms in total. The SMILES string of the molecule is Cc1cc(S(=O)(=O)CCCO)cc(C)c1Br. The highest BCUT2D eigenvalue weighted by Crippen LogP contribution is 2.25. The first kappa shape index (κ1) is 13.7. The molecule has 0 fully saturated rings. The summed E-state index contributed by atoms with van der Waals surface area (Å²) >= 11 is 3.40. The van der Waals surface area contributed by atoms with E-state index in [0.717, 1.165) is 15.6 Å². The Labute approximate surface area is 105 Å². The van der Waals surface area contributed by atoms with Gasteiger partial charge in [-0.05, 0) is 43.5 Å². The fourth-order valence-electron chi connectivity index (χ4n) is 1.46. The van der Waals surface area contributed by atoms with Gasteiger partial charge in [-0.3, -0.25) is 0 Å². The van der Waals surface area contributed by atoms with E-state index in [1.54, 1.807) is 12.1 Å². The van der Waals surface area contributed by atoms with Crippen LogP contribution in [-0.2, 0) is 9.84 Å². The zero-order valence-corrected chi connectivity index (χ0v) is 11.7. The van der Waals surface area contributed by atoms with E-state index in [1.807, 2.05) is 13.8 Å². The van der Waals surface area contributed by atoms with Gasteiger partial charge in [0.1, 0.15) is 0 Å². The predicted octanol–water partition coefficient (Wildman–Crippen LogP) is 2.22. The molecule has 5 heteroatoms. The first-order valence-electron chi connectivity index (χ1n) is 4.99. The average molecular weight is 307 g/mol. The van der Waals surface area contributed by atoms with Gasteiger partial charge in [0.05, 0.1) is 10.6 Å². The van der Waals surface area contributed by atoms with Crippen molar-refractivity contribution >= 4 is 25.8 Å². The molecule has 0 aliphatic heterocycles. The van der Waals surface area contributed by atoms with Crippen molar-refractivity contribution in [3.05, 3.63) is 27.7 Å². The van der Waals surface area contributed by atoms with Gasteiger partial charge in [-0.1, -0.05) is 15.9 Å². The van der Waals surface area contributed by atoms with Gasteiger partial charge in [-0.15, -0.1) is 0 Å². The zero-order chi connectivity index (χ0) is 12.3. The number of halogens is 1. The lowest BCUT2D eigenvalue weighted by Crippen LogP contribution is -2.09. The molecule has 0 radical (unpaired) electrons. The van der Waals surface area contributed by atoms with E-state index in [9.17, 15) is 8.42 Å². The Bertz CT molecular complexity index is 457. The van der Waals surface area contributed by atoms with Crippen molar-refractivity contribution in [3.8, 4) is 0 Å². The number of hydrogen-bond acceptors (Lipinski definition) is 3. The van der Waals surface area contributed by atoms with Gasteiger partial charge < -0.3 is 5.11 Å². The predicted molar refractivity (Wildman–Crippen MR) is 67.4 cm³/mol. The number of hydrogen-bond donors (Lipinski definition) is 1. The number of aliphatic hydroxyl groups is 1. The number of aliphatic hydroxyl groups excluding tert-OH is 1. The molecule has 0 aliphatic rings. The molecule has 0 aromatic heterocycles. The molecule has 0 amide bonds. The highest BCUT2D eigenvalue weighted by Gasteiger charge is 2.15. The highest BCUT2D eigenvalue weighted by molar-refractivity contribution is 9.10. The molecule has 1 aromatic carbocycles. The van der Waals surface area contributed by atoms with Crippen LogP contribution in [0.25, 0.3) is 0 Å². The summed E-state index contributed by atoms with van der Waals surface area (Å²) in [5.74, 6) is -0.00991. The van der Waals surface area contributed by atoms with Crippen LogP contribution in [0.5, 0.6) is 0 Å². The molecule has 1 N–H and O–H groups in total. The largest absolute Gasteiger partial charge is 0.396 e. The van der Waals surface area contributed by atoms with Gasteiger partial charge in [-0.25, -0.2) is 8.42 Å². The minimum absolute atomic E-state index is 0.00991. The first-order valence-corrected chi connectivity index (χ1v) is 7.43. The van der Waals surface area contributed by atoms with E-state index in [-0.39, 0.29) is 18.8 Å². The summed E-state index contributed by atoms with van der Waals surface area (Å²) in [6.07, 6.45) is 0.274. The molecule has 0 bridgehead atoms. The lowest BCUT2D eigenvalue weighted by Gasteiger charge is -2.08. The maximum Gasteiger partial charge on any atom is 0.178 e. The van der Waals surface area contributed by atoms with Gasteiger partial charge in [0.2, 0.25) is 0 Å². The second-order valence-corrected chi connectivity index (χ2v) is 6.67. The molecular formula is C11H15BrO3S. The van der Waals surface area contributed by atoms with Crippen molar-refractivity contribution in [2.45, 2.75) is 25.2 Å². The molecule has 0 aliphatic carbocycles. The minimum atomic E-state index is -3.27. The monoisotopic (exact) mass is 306 g/mol. The van der Waals surface area contributed by atoms with E-state index in [1.165, 1.54) is 0 Å². The number of benzene rings is 1. The first-order chi connectivity index (χ1) is 7.38. The third-order valence-electron chi connectivity index (χ3n) is 2.34. The third kappa shape index (κ3) is 3.06. The zero-order valence-electron chi connectivity index (χ0n) is 9.33. The van der Waals surface area contributed by atoms with Crippen LogP contribution >= 0.6 is 15.9 Å². The van der Waals surface area contributed by atoms with Gasteiger partial charge in [0.15, 0.2) is 9.84 Å². The number of rotatable bonds is 4. The summed E-state index contributed by atoms with van der Waals surface area (Å²) in [5, 5.41) is 8.66. The van der Waals surface area contributed by atoms with Gasteiger partial charge in [0, 0.05) is 11.1 Å². The normalized spacial score (nSPS) is 11.8. The Balaban J connectivity index is 3.14. The van der Waals surface area contributed by atoms with Crippen LogP contribution in [0.4, 0.5) is 0 Å². The fraction of sp³-hybridized carbons (Fsp3) is 0.455. The smallest absolute Gasteiger partial charge is 0.178 e. The Morgan fingerprint density at radius 3 is 2.19 bits per heavy atom. The van der Waals surface area contributed by atoms with Crippen LogP contribution in [-0.4, -0.2) is 25.9 Å². The number of aryl methyl sites for hydroxylation is 2. The second kappa shape index (κ2) is 5.29. The third-order valence-corrected chi connectivity index (χ3v) is 5.37. The molecule has 0 atom stereocenters. The maximum atomic E-state index is 11.9. The van der Waals surface area contributed by atoms with E-state index >= 15 is 0 Å². The van der Waals surface area contributed by atoms with Crippen molar-refractivity contribution in [3.63, 3.8) is 0 Å². The summed E-state index contributed by atoms with van der Waals surface area (Å²) in [6.45, 7) is 3.62. The van der Waals surface area contributed by atoms with Crippen LogP contribution in [0.2, 0.25) is 0 Å². The van der Waals surface area contributed by atoms with Crippen LogP contribution in [0, 0.1) is 13.8 Å². The quantitative estimate of drug-likeness (QED) is 0.928. The summed E-state index contributed by atoms with van der Waals surface area (Å²) in [6, 6.07) is 3.31. The van der Waals surface area contributed by atoms with Gasteiger partial charge in [-0.2, -0.15) is 0 Å². The fourth-order valence-corrected chi connectivity index (χ4v) is 3.14. The topological polar surface area (TPSA) is 54.4 Å². The maximum absolute atomic E-state index is 11.9. The van der Waals surface area contributed by atoms with Gasteiger partial charge >= 0.3 is 0 Å².